The van der Waals surface area contributed by atoms with Crippen molar-refractivity contribution in [1.29, 1.82) is 0 Å². The van der Waals surface area contributed by atoms with Crippen LogP contribution in [0.2, 0.25) is 5.02 Å². The third kappa shape index (κ3) is 6.35. The summed E-state index contributed by atoms with van der Waals surface area (Å²) in [6, 6.07) is 11.8. The highest BCUT2D eigenvalue weighted by Crippen LogP contribution is 2.27. The van der Waals surface area contributed by atoms with Crippen LogP contribution >= 0.6 is 11.6 Å². The van der Waals surface area contributed by atoms with Gasteiger partial charge in [0.05, 0.1) is 18.6 Å². The molecule has 1 heterocycles. The van der Waals surface area contributed by atoms with E-state index in [2.05, 4.69) is 5.32 Å². The zero-order valence-corrected chi connectivity index (χ0v) is 19.0. The number of carbonyl (C=O) groups excluding carboxylic acids is 1. The van der Waals surface area contributed by atoms with Gasteiger partial charge >= 0.3 is 0 Å². The molecule has 1 amide bonds. The Morgan fingerprint density at radius 2 is 1.84 bits per heavy atom. The van der Waals surface area contributed by atoms with Gasteiger partial charge in [-0.3, -0.25) is 4.79 Å². The first-order valence-electron chi connectivity index (χ1n) is 10.2. The van der Waals surface area contributed by atoms with Crippen molar-refractivity contribution in [1.82, 2.24) is 9.62 Å². The third-order valence-electron chi connectivity index (χ3n) is 5.08. The summed E-state index contributed by atoms with van der Waals surface area (Å²) in [7, 11) is -1.99. The summed E-state index contributed by atoms with van der Waals surface area (Å²) >= 11 is 5.83. The Morgan fingerprint density at radius 3 is 2.52 bits per heavy atom. The number of hydrogen-bond acceptors (Lipinski definition) is 5. The molecule has 1 fully saturated rings. The average Bonchev–Trinajstić information content (AvgIpc) is 3.32. The van der Waals surface area contributed by atoms with Crippen LogP contribution in [0.3, 0.4) is 0 Å². The Labute approximate surface area is 188 Å². The van der Waals surface area contributed by atoms with Crippen LogP contribution in [0.15, 0.2) is 47.4 Å². The highest BCUT2D eigenvalue weighted by atomic mass is 35.5. The largest absolute Gasteiger partial charge is 0.496 e. The van der Waals surface area contributed by atoms with Crippen molar-refractivity contribution in [2.24, 2.45) is 0 Å². The summed E-state index contributed by atoms with van der Waals surface area (Å²) in [5, 5.41) is 3.44. The summed E-state index contributed by atoms with van der Waals surface area (Å²) in [6.45, 7) is 1.79. The van der Waals surface area contributed by atoms with Crippen molar-refractivity contribution in [3.63, 3.8) is 0 Å². The second kappa shape index (κ2) is 10.8. The molecule has 1 aliphatic heterocycles. The van der Waals surface area contributed by atoms with Gasteiger partial charge in [0.1, 0.15) is 18.1 Å². The van der Waals surface area contributed by atoms with Gasteiger partial charge in [0.25, 0.3) is 0 Å². The van der Waals surface area contributed by atoms with Crippen molar-refractivity contribution >= 4 is 27.5 Å². The molecule has 1 saturated heterocycles. The van der Waals surface area contributed by atoms with E-state index in [0.717, 1.165) is 12.8 Å². The number of nitrogens with zero attached hydrogens (tertiary/aromatic N) is 1. The van der Waals surface area contributed by atoms with E-state index in [4.69, 9.17) is 21.1 Å². The molecule has 0 aliphatic carbocycles. The maximum Gasteiger partial charge on any atom is 0.243 e. The second-order valence-electron chi connectivity index (χ2n) is 7.24. The summed E-state index contributed by atoms with van der Waals surface area (Å²) in [4.78, 5) is 12.4. The Balaban J connectivity index is 1.52. The molecule has 1 aliphatic rings. The lowest BCUT2D eigenvalue weighted by atomic mass is 10.1. The minimum atomic E-state index is -3.52. The number of amides is 1. The molecule has 0 bridgehead atoms. The number of sulfonamides is 1. The molecule has 2 aromatic carbocycles. The zero-order chi connectivity index (χ0) is 22.3. The Kier molecular flexibility index (Phi) is 8.17. The van der Waals surface area contributed by atoms with E-state index in [0.29, 0.717) is 54.7 Å². The molecule has 168 valence electrons. The van der Waals surface area contributed by atoms with E-state index < -0.39 is 10.0 Å². The minimum Gasteiger partial charge on any atom is -0.496 e. The van der Waals surface area contributed by atoms with Gasteiger partial charge in [0, 0.05) is 24.5 Å². The SMILES string of the molecule is COc1ccc(S(=O)(=O)N2CCCC2)cc1CCC(=O)NCCOc1ccc(Cl)cc1. The minimum absolute atomic E-state index is 0.144. The molecular weight excluding hydrogens is 440 g/mol. The van der Waals surface area contributed by atoms with Crippen LogP contribution in [-0.2, 0) is 21.2 Å². The lowest BCUT2D eigenvalue weighted by Crippen LogP contribution is -2.28. The van der Waals surface area contributed by atoms with E-state index in [1.807, 2.05) is 0 Å². The lowest BCUT2D eigenvalue weighted by Gasteiger charge is -2.17. The fraction of sp³-hybridized carbons (Fsp3) is 0.409. The number of carbonyl (C=O) groups is 1. The molecular formula is C22H27ClN2O5S. The van der Waals surface area contributed by atoms with Crippen LogP contribution in [0.5, 0.6) is 11.5 Å². The molecule has 0 atom stereocenters. The molecule has 0 saturated carbocycles. The van der Waals surface area contributed by atoms with Gasteiger partial charge in [-0.25, -0.2) is 8.42 Å². The smallest absolute Gasteiger partial charge is 0.243 e. The Hall–Kier alpha value is -2.29. The summed E-state index contributed by atoms with van der Waals surface area (Å²) < 4.78 is 38.0. The van der Waals surface area contributed by atoms with E-state index >= 15 is 0 Å². The molecule has 2 aromatic rings. The van der Waals surface area contributed by atoms with Crippen LogP contribution in [0.1, 0.15) is 24.8 Å². The molecule has 0 spiro atoms. The molecule has 9 heteroatoms. The normalized spacial score (nSPS) is 14.4. The van der Waals surface area contributed by atoms with E-state index in [1.165, 1.54) is 11.4 Å². The monoisotopic (exact) mass is 466 g/mol. The predicted octanol–water partition coefficient (Wildman–Crippen LogP) is 3.26. The van der Waals surface area contributed by atoms with Crippen molar-refractivity contribution in [2.45, 2.75) is 30.6 Å². The average molecular weight is 467 g/mol. The van der Waals surface area contributed by atoms with Crippen molar-refractivity contribution in [2.75, 3.05) is 33.4 Å². The maximum atomic E-state index is 12.8. The molecule has 1 N–H and O–H groups in total. The van der Waals surface area contributed by atoms with Crippen LogP contribution in [-0.4, -0.2) is 52.0 Å². The van der Waals surface area contributed by atoms with Crippen LogP contribution in [0.25, 0.3) is 0 Å². The first kappa shape index (κ1) is 23.4. The number of methoxy groups -OCH3 is 1. The van der Waals surface area contributed by atoms with Crippen LogP contribution in [0.4, 0.5) is 0 Å². The topological polar surface area (TPSA) is 84.9 Å². The zero-order valence-electron chi connectivity index (χ0n) is 17.5. The first-order chi connectivity index (χ1) is 14.9. The van der Waals surface area contributed by atoms with Crippen molar-refractivity contribution < 1.29 is 22.7 Å². The van der Waals surface area contributed by atoms with Gasteiger partial charge in [-0.1, -0.05) is 11.6 Å². The van der Waals surface area contributed by atoms with Gasteiger partial charge < -0.3 is 14.8 Å². The molecule has 31 heavy (non-hydrogen) atoms. The van der Waals surface area contributed by atoms with Gasteiger partial charge in [-0.05, 0) is 67.3 Å². The summed E-state index contributed by atoms with van der Waals surface area (Å²) in [6.07, 6.45) is 2.34. The van der Waals surface area contributed by atoms with Crippen LogP contribution < -0.4 is 14.8 Å². The Bertz CT molecular complexity index is 989. The second-order valence-corrected chi connectivity index (χ2v) is 9.61. The van der Waals surface area contributed by atoms with Gasteiger partial charge in [0.2, 0.25) is 15.9 Å². The fourth-order valence-electron chi connectivity index (χ4n) is 3.42. The van der Waals surface area contributed by atoms with Gasteiger partial charge in [-0.15, -0.1) is 0 Å². The molecule has 3 rings (SSSR count). The number of hydrogen-bond donors (Lipinski definition) is 1. The quantitative estimate of drug-likeness (QED) is 0.543. The van der Waals surface area contributed by atoms with E-state index in [1.54, 1.807) is 42.5 Å². The highest BCUT2D eigenvalue weighted by Gasteiger charge is 2.27. The lowest BCUT2D eigenvalue weighted by molar-refractivity contribution is -0.121. The summed E-state index contributed by atoms with van der Waals surface area (Å²) in [5.41, 5.74) is 0.690. The van der Waals surface area contributed by atoms with Gasteiger partial charge in [-0.2, -0.15) is 4.31 Å². The molecule has 0 radical (unpaired) electrons. The predicted molar refractivity (Wildman–Crippen MR) is 119 cm³/mol. The summed E-state index contributed by atoms with van der Waals surface area (Å²) in [5.74, 6) is 1.10. The Morgan fingerprint density at radius 1 is 1.13 bits per heavy atom. The number of nitrogens with one attached hydrogen (secondary N) is 1. The number of benzene rings is 2. The van der Waals surface area contributed by atoms with E-state index in [-0.39, 0.29) is 17.2 Å². The third-order valence-corrected chi connectivity index (χ3v) is 7.23. The number of aryl methyl sites for hydroxylation is 1. The van der Waals surface area contributed by atoms with Crippen molar-refractivity contribution in [3.8, 4) is 11.5 Å². The molecule has 0 aromatic heterocycles. The number of halogens is 1. The van der Waals surface area contributed by atoms with Gasteiger partial charge in [0.15, 0.2) is 0 Å². The number of rotatable bonds is 10. The molecule has 0 unspecified atom stereocenters. The number of ether oxygens (including phenoxy) is 2. The standard InChI is InChI=1S/C22H27ClN2O5S/c1-29-21-10-9-20(31(27,28)25-13-2-3-14-25)16-17(21)4-11-22(26)24-12-15-30-19-7-5-18(23)6-8-19/h5-10,16H,2-4,11-15H2,1H3,(H,24,26). The van der Waals surface area contributed by atoms with Crippen LogP contribution in [0, 0.1) is 0 Å². The first-order valence-corrected chi connectivity index (χ1v) is 12.0. The maximum absolute atomic E-state index is 12.8. The van der Waals surface area contributed by atoms with E-state index in [9.17, 15) is 13.2 Å². The van der Waals surface area contributed by atoms with Crippen molar-refractivity contribution in [3.05, 3.63) is 53.1 Å². The molecule has 7 nitrogen and oxygen atoms in total. The highest BCUT2D eigenvalue weighted by molar-refractivity contribution is 7.89. The fourth-order valence-corrected chi connectivity index (χ4v) is 5.11.